The molecule has 1 aromatic heterocycles. The summed E-state index contributed by atoms with van der Waals surface area (Å²) in [7, 11) is 0. The Hall–Kier alpha value is -2.97. The Morgan fingerprint density at radius 2 is 2.14 bits per heavy atom. The standard InChI is InChI=1S/C20H27N5O3/c1-3-23-18(19(27)25-20(2,12-21)13-26)16-10-15(7-8-17(16)22)28-11-14-6-4-5-9-24-14/h4-10,26H,3,11-13,21-22H2,1-2H3,(H,25,27). The molecule has 8 nitrogen and oxygen atoms in total. The number of hydrogen-bond acceptors (Lipinski definition) is 7. The number of nitrogen functional groups attached to an aromatic ring is 1. The van der Waals surface area contributed by atoms with Gasteiger partial charge in [-0.2, -0.15) is 0 Å². The van der Waals surface area contributed by atoms with Gasteiger partial charge in [0.25, 0.3) is 5.91 Å². The number of aliphatic imine (C=N–C) groups is 1. The van der Waals surface area contributed by atoms with Crippen molar-refractivity contribution in [2.24, 2.45) is 10.7 Å². The van der Waals surface area contributed by atoms with Gasteiger partial charge in [0.2, 0.25) is 0 Å². The quantitative estimate of drug-likeness (QED) is 0.374. The van der Waals surface area contributed by atoms with E-state index in [0.717, 1.165) is 5.69 Å². The van der Waals surface area contributed by atoms with Crippen LogP contribution in [0.2, 0.25) is 0 Å². The largest absolute Gasteiger partial charge is 0.487 e. The van der Waals surface area contributed by atoms with Crippen molar-refractivity contribution in [2.75, 3.05) is 25.4 Å². The number of aromatic nitrogens is 1. The summed E-state index contributed by atoms with van der Waals surface area (Å²) in [5.41, 5.74) is 12.6. The molecule has 0 bridgehead atoms. The number of aliphatic hydroxyl groups excluding tert-OH is 1. The zero-order valence-corrected chi connectivity index (χ0v) is 16.2. The van der Waals surface area contributed by atoms with Crippen molar-refractivity contribution in [1.82, 2.24) is 10.3 Å². The van der Waals surface area contributed by atoms with Crippen LogP contribution < -0.4 is 21.5 Å². The lowest BCUT2D eigenvalue weighted by atomic mass is 10.0. The molecule has 150 valence electrons. The second-order valence-corrected chi connectivity index (χ2v) is 6.56. The zero-order valence-electron chi connectivity index (χ0n) is 16.2. The summed E-state index contributed by atoms with van der Waals surface area (Å²) in [5.74, 6) is 0.0765. The predicted octanol–water partition coefficient (Wildman–Crippen LogP) is 0.878. The summed E-state index contributed by atoms with van der Waals surface area (Å²) in [6, 6.07) is 10.6. The minimum atomic E-state index is -0.951. The normalized spacial score (nSPS) is 13.6. The number of hydrogen-bond donors (Lipinski definition) is 4. The second kappa shape index (κ2) is 9.82. The number of anilines is 1. The highest BCUT2D eigenvalue weighted by Crippen LogP contribution is 2.22. The monoisotopic (exact) mass is 385 g/mol. The van der Waals surface area contributed by atoms with Crippen molar-refractivity contribution in [3.63, 3.8) is 0 Å². The first-order chi connectivity index (χ1) is 13.4. The van der Waals surface area contributed by atoms with Gasteiger partial charge in [0.15, 0.2) is 0 Å². The summed E-state index contributed by atoms with van der Waals surface area (Å²) >= 11 is 0. The third-order valence-corrected chi connectivity index (χ3v) is 4.14. The number of ether oxygens (including phenoxy) is 1. The molecule has 6 N–H and O–H groups in total. The molecular weight excluding hydrogens is 358 g/mol. The first-order valence-electron chi connectivity index (χ1n) is 9.03. The minimum absolute atomic E-state index is 0.0807. The van der Waals surface area contributed by atoms with E-state index >= 15 is 0 Å². The number of rotatable bonds is 9. The zero-order chi connectivity index (χ0) is 20.6. The highest BCUT2D eigenvalue weighted by molar-refractivity contribution is 6.46. The topological polar surface area (TPSA) is 136 Å². The number of nitrogens with one attached hydrogen (secondary N) is 1. The fourth-order valence-electron chi connectivity index (χ4n) is 2.40. The van der Waals surface area contributed by atoms with Gasteiger partial charge in [-0.15, -0.1) is 0 Å². The maximum Gasteiger partial charge on any atom is 0.270 e. The fourth-order valence-corrected chi connectivity index (χ4v) is 2.40. The van der Waals surface area contributed by atoms with Crippen molar-refractivity contribution in [1.29, 1.82) is 0 Å². The minimum Gasteiger partial charge on any atom is -0.487 e. The average Bonchev–Trinajstić information content (AvgIpc) is 2.72. The van der Waals surface area contributed by atoms with E-state index in [1.54, 1.807) is 31.3 Å². The molecule has 1 heterocycles. The van der Waals surface area contributed by atoms with E-state index in [4.69, 9.17) is 16.2 Å². The molecule has 0 fully saturated rings. The summed E-state index contributed by atoms with van der Waals surface area (Å²) in [6.45, 7) is 3.93. The third-order valence-electron chi connectivity index (χ3n) is 4.14. The average molecular weight is 385 g/mol. The van der Waals surface area contributed by atoms with Gasteiger partial charge in [-0.1, -0.05) is 6.07 Å². The number of aliphatic hydroxyl groups is 1. The summed E-state index contributed by atoms with van der Waals surface area (Å²) < 4.78 is 5.77. The Balaban J connectivity index is 2.26. The Labute approximate surface area is 164 Å². The first-order valence-corrected chi connectivity index (χ1v) is 9.03. The molecule has 0 aliphatic rings. The number of nitrogens with zero attached hydrogens (tertiary/aromatic N) is 2. The van der Waals surface area contributed by atoms with Crippen molar-refractivity contribution in [3.05, 3.63) is 53.9 Å². The molecule has 0 spiro atoms. The van der Waals surface area contributed by atoms with Crippen LogP contribution >= 0.6 is 0 Å². The number of pyridine rings is 1. The third kappa shape index (κ3) is 5.51. The van der Waals surface area contributed by atoms with Crippen LogP contribution in [-0.2, 0) is 11.4 Å². The molecule has 1 amide bonds. The van der Waals surface area contributed by atoms with Crippen LogP contribution in [0, 0.1) is 0 Å². The lowest BCUT2D eigenvalue weighted by molar-refractivity contribution is -0.116. The molecule has 0 aliphatic carbocycles. The maximum absolute atomic E-state index is 12.8. The predicted molar refractivity (Wildman–Crippen MR) is 109 cm³/mol. The van der Waals surface area contributed by atoms with E-state index < -0.39 is 11.4 Å². The lowest BCUT2D eigenvalue weighted by Crippen LogP contribution is -2.55. The molecule has 0 aliphatic heterocycles. The van der Waals surface area contributed by atoms with Gasteiger partial charge >= 0.3 is 0 Å². The molecule has 8 heteroatoms. The van der Waals surface area contributed by atoms with Gasteiger partial charge in [0.1, 0.15) is 18.1 Å². The Kier molecular flexibility index (Phi) is 7.48. The number of benzene rings is 1. The number of nitrogens with two attached hydrogens (primary N) is 2. The van der Waals surface area contributed by atoms with Crippen molar-refractivity contribution < 1.29 is 14.6 Å². The van der Waals surface area contributed by atoms with Gasteiger partial charge in [0, 0.05) is 30.5 Å². The molecule has 0 saturated heterocycles. The highest BCUT2D eigenvalue weighted by atomic mass is 16.5. The van der Waals surface area contributed by atoms with E-state index in [9.17, 15) is 9.90 Å². The fraction of sp³-hybridized carbons (Fsp3) is 0.350. The molecule has 28 heavy (non-hydrogen) atoms. The van der Waals surface area contributed by atoms with Gasteiger partial charge < -0.3 is 26.6 Å². The van der Waals surface area contributed by atoms with Crippen molar-refractivity contribution >= 4 is 17.3 Å². The molecular formula is C20H27N5O3. The Morgan fingerprint density at radius 1 is 1.36 bits per heavy atom. The highest BCUT2D eigenvalue weighted by Gasteiger charge is 2.27. The lowest BCUT2D eigenvalue weighted by Gasteiger charge is -2.27. The molecule has 1 atom stereocenters. The van der Waals surface area contributed by atoms with Gasteiger partial charge in [-0.05, 0) is 44.2 Å². The van der Waals surface area contributed by atoms with E-state index in [0.29, 0.717) is 23.5 Å². The van der Waals surface area contributed by atoms with Crippen LogP contribution in [0.1, 0.15) is 25.1 Å². The SMILES string of the molecule is CCN=C(C(=O)NC(C)(CN)CO)c1cc(OCc2ccccn2)ccc1N. The summed E-state index contributed by atoms with van der Waals surface area (Å²) in [4.78, 5) is 21.3. The van der Waals surface area contributed by atoms with E-state index in [1.165, 1.54) is 0 Å². The molecule has 2 rings (SSSR count). The van der Waals surface area contributed by atoms with Crippen LogP contribution in [0.5, 0.6) is 5.75 Å². The molecule has 0 saturated carbocycles. The van der Waals surface area contributed by atoms with Crippen LogP contribution in [0.15, 0.2) is 47.6 Å². The second-order valence-electron chi connectivity index (χ2n) is 6.56. The molecule has 1 aromatic carbocycles. The van der Waals surface area contributed by atoms with E-state index in [1.807, 2.05) is 25.1 Å². The first kappa shape index (κ1) is 21.3. The van der Waals surface area contributed by atoms with Crippen molar-refractivity contribution in [2.45, 2.75) is 26.0 Å². The van der Waals surface area contributed by atoms with Crippen LogP contribution in [0.3, 0.4) is 0 Å². The number of carbonyl (C=O) groups is 1. The summed E-state index contributed by atoms with van der Waals surface area (Å²) in [6.07, 6.45) is 1.69. The van der Waals surface area contributed by atoms with Crippen LogP contribution in [0.4, 0.5) is 5.69 Å². The Morgan fingerprint density at radius 3 is 2.75 bits per heavy atom. The summed E-state index contributed by atoms with van der Waals surface area (Å²) in [5, 5.41) is 12.2. The van der Waals surface area contributed by atoms with E-state index in [2.05, 4.69) is 15.3 Å². The molecule has 2 aromatic rings. The Bertz CT molecular complexity index is 820. The van der Waals surface area contributed by atoms with Crippen molar-refractivity contribution in [3.8, 4) is 5.75 Å². The number of amides is 1. The van der Waals surface area contributed by atoms with Crippen LogP contribution in [-0.4, -0.2) is 46.9 Å². The smallest absolute Gasteiger partial charge is 0.270 e. The molecule has 1 unspecified atom stereocenters. The van der Waals surface area contributed by atoms with Gasteiger partial charge in [-0.25, -0.2) is 0 Å². The van der Waals surface area contributed by atoms with E-state index in [-0.39, 0.29) is 25.5 Å². The van der Waals surface area contributed by atoms with Crippen LogP contribution in [0.25, 0.3) is 0 Å². The molecule has 0 radical (unpaired) electrons. The van der Waals surface area contributed by atoms with Gasteiger partial charge in [0.05, 0.1) is 17.8 Å². The maximum atomic E-state index is 12.8. The van der Waals surface area contributed by atoms with Gasteiger partial charge in [-0.3, -0.25) is 14.8 Å². The number of carbonyl (C=O) groups excluding carboxylic acids is 1.